The monoisotopic (exact) mass is 251 g/mol. The standard InChI is InChI=1S/C14H21NO3/c1-5-18-13-7-9(2)11(6-10(13)3)12(15-4)8-14(16)17/h6-7,12,15H,5,8H2,1-4H3,(H,16,17). The minimum Gasteiger partial charge on any atom is -0.494 e. The largest absolute Gasteiger partial charge is 0.494 e. The van der Waals surface area contributed by atoms with Crippen molar-refractivity contribution in [1.82, 2.24) is 5.32 Å². The van der Waals surface area contributed by atoms with Crippen LogP contribution >= 0.6 is 0 Å². The molecule has 0 fully saturated rings. The van der Waals surface area contributed by atoms with Crippen molar-refractivity contribution < 1.29 is 14.6 Å². The Morgan fingerprint density at radius 1 is 1.39 bits per heavy atom. The number of aryl methyl sites for hydroxylation is 2. The van der Waals surface area contributed by atoms with Crippen LogP contribution in [0.3, 0.4) is 0 Å². The molecule has 1 unspecified atom stereocenters. The first-order valence-corrected chi connectivity index (χ1v) is 6.12. The lowest BCUT2D eigenvalue weighted by Gasteiger charge is -2.19. The predicted molar refractivity (Wildman–Crippen MR) is 71.1 cm³/mol. The maximum Gasteiger partial charge on any atom is 0.305 e. The number of carbonyl (C=O) groups is 1. The van der Waals surface area contributed by atoms with Gasteiger partial charge in [0.15, 0.2) is 0 Å². The second kappa shape index (κ2) is 6.40. The fourth-order valence-corrected chi connectivity index (χ4v) is 2.04. The highest BCUT2D eigenvalue weighted by atomic mass is 16.5. The normalized spacial score (nSPS) is 12.2. The Morgan fingerprint density at radius 3 is 2.56 bits per heavy atom. The quantitative estimate of drug-likeness (QED) is 0.815. The Bertz CT molecular complexity index is 429. The molecule has 0 amide bonds. The molecule has 0 aromatic heterocycles. The summed E-state index contributed by atoms with van der Waals surface area (Å²) in [6.45, 7) is 6.53. The first kappa shape index (κ1) is 14.5. The summed E-state index contributed by atoms with van der Waals surface area (Å²) in [7, 11) is 1.78. The average Bonchev–Trinajstić information content (AvgIpc) is 2.30. The van der Waals surface area contributed by atoms with Crippen LogP contribution in [-0.4, -0.2) is 24.7 Å². The van der Waals surface area contributed by atoms with Crippen molar-refractivity contribution in [2.24, 2.45) is 0 Å². The second-order valence-electron chi connectivity index (χ2n) is 4.35. The lowest BCUT2D eigenvalue weighted by molar-refractivity contribution is -0.137. The Morgan fingerprint density at radius 2 is 2.06 bits per heavy atom. The van der Waals surface area contributed by atoms with Crippen molar-refractivity contribution >= 4 is 5.97 Å². The molecule has 1 aromatic carbocycles. The van der Waals surface area contributed by atoms with Gasteiger partial charge >= 0.3 is 5.97 Å². The van der Waals surface area contributed by atoms with Crippen molar-refractivity contribution in [1.29, 1.82) is 0 Å². The molecule has 0 spiro atoms. The van der Waals surface area contributed by atoms with Crippen molar-refractivity contribution in [2.75, 3.05) is 13.7 Å². The molecule has 0 bridgehead atoms. The number of carboxylic acid groups (broad SMARTS) is 1. The van der Waals surface area contributed by atoms with E-state index in [0.29, 0.717) is 6.61 Å². The number of benzene rings is 1. The average molecular weight is 251 g/mol. The van der Waals surface area contributed by atoms with Gasteiger partial charge < -0.3 is 15.2 Å². The van der Waals surface area contributed by atoms with Gasteiger partial charge in [0.05, 0.1) is 13.0 Å². The van der Waals surface area contributed by atoms with E-state index < -0.39 is 5.97 Å². The van der Waals surface area contributed by atoms with E-state index in [1.165, 1.54) is 0 Å². The summed E-state index contributed by atoms with van der Waals surface area (Å²) >= 11 is 0. The smallest absolute Gasteiger partial charge is 0.305 e. The summed E-state index contributed by atoms with van der Waals surface area (Å²) in [5, 5.41) is 12.0. The van der Waals surface area contributed by atoms with Crippen molar-refractivity contribution in [3.63, 3.8) is 0 Å². The Hall–Kier alpha value is -1.55. The van der Waals surface area contributed by atoms with Gasteiger partial charge in [-0.2, -0.15) is 0 Å². The highest BCUT2D eigenvalue weighted by Gasteiger charge is 2.17. The molecule has 1 rings (SSSR count). The van der Waals surface area contributed by atoms with Gasteiger partial charge in [0, 0.05) is 6.04 Å². The lowest BCUT2D eigenvalue weighted by atomic mass is 9.96. The van der Waals surface area contributed by atoms with E-state index in [1.54, 1.807) is 7.05 Å². The van der Waals surface area contributed by atoms with Crippen molar-refractivity contribution in [3.05, 3.63) is 28.8 Å². The SMILES string of the molecule is CCOc1cc(C)c(C(CC(=O)O)NC)cc1C. The molecular weight excluding hydrogens is 230 g/mol. The van der Waals surface area contributed by atoms with Crippen LogP contribution < -0.4 is 10.1 Å². The van der Waals surface area contributed by atoms with E-state index in [9.17, 15) is 4.79 Å². The maximum atomic E-state index is 10.8. The zero-order chi connectivity index (χ0) is 13.7. The number of aliphatic carboxylic acids is 1. The zero-order valence-electron chi connectivity index (χ0n) is 11.4. The fourth-order valence-electron chi connectivity index (χ4n) is 2.04. The molecule has 18 heavy (non-hydrogen) atoms. The third-order valence-corrected chi connectivity index (χ3v) is 2.97. The number of hydrogen-bond donors (Lipinski definition) is 2. The van der Waals surface area contributed by atoms with Gasteiger partial charge in [-0.25, -0.2) is 0 Å². The molecule has 1 aromatic rings. The molecule has 0 saturated heterocycles. The molecule has 0 aliphatic carbocycles. The molecule has 100 valence electrons. The molecule has 4 heteroatoms. The molecule has 1 atom stereocenters. The van der Waals surface area contributed by atoms with Crippen molar-refractivity contribution in [3.8, 4) is 5.75 Å². The van der Waals surface area contributed by atoms with Gasteiger partial charge in [-0.15, -0.1) is 0 Å². The van der Waals surface area contributed by atoms with Gasteiger partial charge in [-0.05, 0) is 50.6 Å². The van der Waals surface area contributed by atoms with Crippen LogP contribution in [0, 0.1) is 13.8 Å². The van der Waals surface area contributed by atoms with E-state index in [1.807, 2.05) is 32.9 Å². The first-order chi connectivity index (χ1) is 8.49. The van der Waals surface area contributed by atoms with E-state index in [-0.39, 0.29) is 12.5 Å². The summed E-state index contributed by atoms with van der Waals surface area (Å²) in [5.74, 6) is 0.0595. The number of carboxylic acids is 1. The van der Waals surface area contributed by atoms with Gasteiger partial charge in [0.2, 0.25) is 0 Å². The topological polar surface area (TPSA) is 58.6 Å². The van der Waals surface area contributed by atoms with E-state index in [2.05, 4.69) is 5.32 Å². The van der Waals surface area contributed by atoms with Gasteiger partial charge in [-0.1, -0.05) is 6.07 Å². The fraction of sp³-hybridized carbons (Fsp3) is 0.500. The van der Waals surface area contributed by atoms with Crippen LogP contribution in [0.5, 0.6) is 5.75 Å². The summed E-state index contributed by atoms with van der Waals surface area (Å²) in [6, 6.07) is 3.81. The number of nitrogens with one attached hydrogen (secondary N) is 1. The van der Waals surface area contributed by atoms with E-state index in [0.717, 1.165) is 22.4 Å². The Balaban J connectivity index is 3.08. The molecule has 0 aliphatic heterocycles. The molecule has 0 aliphatic rings. The van der Waals surface area contributed by atoms with Crippen LogP contribution in [0.1, 0.15) is 36.1 Å². The van der Waals surface area contributed by atoms with Crippen LogP contribution in [0.4, 0.5) is 0 Å². The van der Waals surface area contributed by atoms with Crippen LogP contribution in [-0.2, 0) is 4.79 Å². The minimum atomic E-state index is -0.805. The van der Waals surface area contributed by atoms with Crippen LogP contribution in [0.2, 0.25) is 0 Å². The van der Waals surface area contributed by atoms with Crippen LogP contribution in [0.25, 0.3) is 0 Å². The lowest BCUT2D eigenvalue weighted by Crippen LogP contribution is -2.21. The summed E-state index contributed by atoms with van der Waals surface area (Å²) in [4.78, 5) is 10.8. The van der Waals surface area contributed by atoms with Crippen LogP contribution in [0.15, 0.2) is 12.1 Å². The Kier molecular flexibility index (Phi) is 5.16. The molecular formula is C14H21NO3. The zero-order valence-corrected chi connectivity index (χ0v) is 11.4. The van der Waals surface area contributed by atoms with Gasteiger partial charge in [-0.3, -0.25) is 4.79 Å². The summed E-state index contributed by atoms with van der Waals surface area (Å²) in [6.07, 6.45) is 0.0742. The molecule has 0 heterocycles. The molecule has 2 N–H and O–H groups in total. The number of rotatable bonds is 6. The predicted octanol–water partition coefficient (Wildman–Crippen LogP) is 2.44. The highest BCUT2D eigenvalue weighted by Crippen LogP contribution is 2.28. The van der Waals surface area contributed by atoms with Gasteiger partial charge in [0.25, 0.3) is 0 Å². The summed E-state index contributed by atoms with van der Waals surface area (Å²) in [5.41, 5.74) is 3.09. The summed E-state index contributed by atoms with van der Waals surface area (Å²) < 4.78 is 5.53. The molecule has 0 saturated carbocycles. The number of hydrogen-bond acceptors (Lipinski definition) is 3. The third kappa shape index (κ3) is 3.47. The third-order valence-electron chi connectivity index (χ3n) is 2.97. The second-order valence-corrected chi connectivity index (χ2v) is 4.35. The highest BCUT2D eigenvalue weighted by molar-refractivity contribution is 5.68. The van der Waals surface area contributed by atoms with E-state index in [4.69, 9.17) is 9.84 Å². The van der Waals surface area contributed by atoms with E-state index >= 15 is 0 Å². The first-order valence-electron chi connectivity index (χ1n) is 6.12. The van der Waals surface area contributed by atoms with Crippen molar-refractivity contribution in [2.45, 2.75) is 33.2 Å². The number of ether oxygens (including phenoxy) is 1. The maximum absolute atomic E-state index is 10.8. The van der Waals surface area contributed by atoms with Gasteiger partial charge in [0.1, 0.15) is 5.75 Å². The molecule has 4 nitrogen and oxygen atoms in total. The minimum absolute atomic E-state index is 0.0742. The Labute approximate surface area is 108 Å². The molecule has 0 radical (unpaired) electrons.